The lowest BCUT2D eigenvalue weighted by atomic mass is 9.73. The number of methoxy groups -OCH3 is 1. The van der Waals surface area contributed by atoms with Gasteiger partial charge in [-0.15, -0.1) is 0 Å². The second-order valence-corrected chi connectivity index (χ2v) is 14.0. The third-order valence-corrected chi connectivity index (χ3v) is 11.2. The number of hydrogen-bond donors (Lipinski definition) is 1. The van der Waals surface area contributed by atoms with E-state index in [9.17, 15) is 18.3 Å². The molecule has 2 aromatic carbocycles. The van der Waals surface area contributed by atoms with Crippen molar-refractivity contribution in [1.29, 1.82) is 0 Å². The van der Waals surface area contributed by atoms with Gasteiger partial charge >= 0.3 is 0 Å². The summed E-state index contributed by atoms with van der Waals surface area (Å²) in [4.78, 5) is 17.9. The van der Waals surface area contributed by atoms with Gasteiger partial charge in [0.1, 0.15) is 5.75 Å². The molecule has 0 radical (unpaired) electrons. The summed E-state index contributed by atoms with van der Waals surface area (Å²) in [5.74, 6) is 2.91. The molecule has 46 heavy (non-hydrogen) atoms. The number of fused-ring (bicyclic) bond motifs is 1. The molecule has 2 atom stereocenters. The molecule has 0 spiro atoms. The van der Waals surface area contributed by atoms with Crippen LogP contribution >= 0.6 is 0 Å². The minimum atomic E-state index is -3.87. The highest BCUT2D eigenvalue weighted by atomic mass is 32.2. The van der Waals surface area contributed by atoms with Crippen LogP contribution in [0.1, 0.15) is 31.2 Å². The number of piperazine rings is 1. The first-order chi connectivity index (χ1) is 22.3. The molecular weight excluding hydrogens is 614 g/mol. The Morgan fingerprint density at radius 3 is 2.48 bits per heavy atom. The Bertz CT molecular complexity index is 1490. The standard InChI is InChI=1S/C33H43N3O9S/c1-41-27-6-8-28(9-7-27)46(39,40)36(15-17-37)16-18-42-32-21-26(25-3-2-4-25)20-31(45-32)33(38)35-13-11-34(12-14-35)22-24-5-10-29-30(19-24)44-23-43-29/h5-10,19-20,25-26,32,37H,2-4,11-18,21-23H2,1H3/t26-,32+/m1/s1. The maximum absolute atomic E-state index is 13.7. The molecular formula is C33H43N3O9S. The van der Waals surface area contributed by atoms with E-state index in [4.69, 9.17) is 23.7 Å². The second-order valence-electron chi connectivity index (χ2n) is 12.1. The molecule has 0 bridgehead atoms. The van der Waals surface area contributed by atoms with Crippen LogP contribution in [0.4, 0.5) is 0 Å². The molecule has 4 aliphatic rings. The quantitative estimate of drug-likeness (QED) is 0.344. The lowest BCUT2D eigenvalue weighted by Crippen LogP contribution is -2.49. The van der Waals surface area contributed by atoms with Gasteiger partial charge in [0.25, 0.3) is 5.91 Å². The molecule has 1 saturated carbocycles. The highest BCUT2D eigenvalue weighted by Gasteiger charge is 2.37. The zero-order valence-electron chi connectivity index (χ0n) is 26.2. The van der Waals surface area contributed by atoms with Crippen LogP contribution in [-0.2, 0) is 30.8 Å². The topological polar surface area (TPSA) is 127 Å². The van der Waals surface area contributed by atoms with Crippen LogP contribution < -0.4 is 14.2 Å². The predicted molar refractivity (Wildman–Crippen MR) is 168 cm³/mol. The van der Waals surface area contributed by atoms with Crippen LogP contribution in [-0.4, -0.2) is 106 Å². The summed E-state index contributed by atoms with van der Waals surface area (Å²) >= 11 is 0. The molecule has 2 fully saturated rings. The third-order valence-electron chi connectivity index (χ3n) is 9.25. The normalized spacial score (nSPS) is 21.9. The van der Waals surface area contributed by atoms with Crippen molar-refractivity contribution >= 4 is 15.9 Å². The lowest BCUT2D eigenvalue weighted by Gasteiger charge is -2.39. The summed E-state index contributed by atoms with van der Waals surface area (Å²) in [5, 5.41) is 9.60. The third kappa shape index (κ3) is 7.44. The first kappa shape index (κ1) is 32.6. The smallest absolute Gasteiger partial charge is 0.288 e. The summed E-state index contributed by atoms with van der Waals surface area (Å²) < 4.78 is 56.1. The summed E-state index contributed by atoms with van der Waals surface area (Å²) in [5.41, 5.74) is 1.14. The van der Waals surface area contributed by atoms with Crippen molar-refractivity contribution in [1.82, 2.24) is 14.1 Å². The molecule has 250 valence electrons. The fourth-order valence-electron chi connectivity index (χ4n) is 6.34. The summed E-state index contributed by atoms with van der Waals surface area (Å²) in [7, 11) is -2.35. The molecule has 1 aliphatic carbocycles. The molecule has 1 amide bonds. The van der Waals surface area contributed by atoms with Gasteiger partial charge in [0.2, 0.25) is 23.1 Å². The molecule has 12 nitrogen and oxygen atoms in total. The van der Waals surface area contributed by atoms with Crippen molar-refractivity contribution < 1.29 is 42.0 Å². The largest absolute Gasteiger partial charge is 0.497 e. The number of nitrogens with zero attached hydrogens (tertiary/aromatic N) is 3. The van der Waals surface area contributed by atoms with Crippen molar-refractivity contribution in [3.63, 3.8) is 0 Å². The van der Waals surface area contributed by atoms with Gasteiger partial charge in [-0.3, -0.25) is 9.69 Å². The van der Waals surface area contributed by atoms with E-state index in [0.29, 0.717) is 36.9 Å². The van der Waals surface area contributed by atoms with Crippen LogP contribution in [0, 0.1) is 11.8 Å². The van der Waals surface area contributed by atoms with E-state index in [1.807, 2.05) is 29.2 Å². The van der Waals surface area contributed by atoms with Gasteiger partial charge < -0.3 is 33.7 Å². The van der Waals surface area contributed by atoms with Gasteiger partial charge in [0, 0.05) is 52.2 Å². The molecule has 2 aromatic rings. The Labute approximate surface area is 270 Å². The number of carbonyl (C=O) groups is 1. The number of carbonyl (C=O) groups excluding carboxylic acids is 1. The SMILES string of the molecule is COc1ccc(S(=O)(=O)N(CCO)CCO[C@@H]2C[C@H](C3CCC3)C=C(C(=O)N3CCN(Cc4ccc5c(c4)OCO5)CC3)O2)cc1. The van der Waals surface area contributed by atoms with Gasteiger partial charge in [0.05, 0.1) is 25.2 Å². The van der Waals surface area contributed by atoms with Crippen molar-refractivity contribution in [3.8, 4) is 17.2 Å². The Hall–Kier alpha value is -3.36. The lowest BCUT2D eigenvalue weighted by molar-refractivity contribution is -0.158. The van der Waals surface area contributed by atoms with Gasteiger partial charge in [-0.25, -0.2) is 8.42 Å². The van der Waals surface area contributed by atoms with Crippen LogP contribution in [0.5, 0.6) is 17.2 Å². The predicted octanol–water partition coefficient (Wildman–Crippen LogP) is 2.81. The first-order valence-corrected chi connectivity index (χ1v) is 17.4. The van der Waals surface area contributed by atoms with E-state index in [-0.39, 0.29) is 49.8 Å². The molecule has 3 heterocycles. The fraction of sp³-hybridized carbons (Fsp3) is 0.545. The number of amides is 1. The van der Waals surface area contributed by atoms with Gasteiger partial charge in [-0.1, -0.05) is 12.5 Å². The zero-order valence-corrected chi connectivity index (χ0v) is 27.0. The molecule has 6 rings (SSSR count). The highest BCUT2D eigenvalue weighted by molar-refractivity contribution is 7.89. The molecule has 0 unspecified atom stereocenters. The number of aliphatic hydroxyl groups excluding tert-OH is 1. The number of aliphatic hydroxyl groups is 1. The van der Waals surface area contributed by atoms with E-state index in [1.54, 1.807) is 12.1 Å². The number of ether oxygens (including phenoxy) is 5. The van der Waals surface area contributed by atoms with Gasteiger partial charge in [0.15, 0.2) is 17.3 Å². The van der Waals surface area contributed by atoms with Gasteiger partial charge in [-0.05, 0) is 72.7 Å². The van der Waals surface area contributed by atoms with E-state index >= 15 is 0 Å². The maximum atomic E-state index is 13.7. The van der Waals surface area contributed by atoms with Crippen molar-refractivity contribution in [2.45, 2.75) is 43.4 Å². The van der Waals surface area contributed by atoms with Crippen LogP contribution in [0.2, 0.25) is 0 Å². The van der Waals surface area contributed by atoms with E-state index in [2.05, 4.69) is 4.90 Å². The average Bonchev–Trinajstić information content (AvgIpc) is 3.52. The zero-order chi connectivity index (χ0) is 32.1. The molecule has 3 aliphatic heterocycles. The van der Waals surface area contributed by atoms with Crippen molar-refractivity contribution in [3.05, 3.63) is 59.9 Å². The number of rotatable bonds is 13. The Balaban J connectivity index is 1.04. The minimum absolute atomic E-state index is 0.0290. The van der Waals surface area contributed by atoms with E-state index < -0.39 is 16.3 Å². The molecule has 1 N–H and O–H groups in total. The van der Waals surface area contributed by atoms with Crippen molar-refractivity contribution in [2.24, 2.45) is 11.8 Å². The highest BCUT2D eigenvalue weighted by Crippen LogP contribution is 2.40. The van der Waals surface area contributed by atoms with Crippen LogP contribution in [0.15, 0.2) is 59.2 Å². The number of hydrogen-bond acceptors (Lipinski definition) is 10. The average molecular weight is 658 g/mol. The second kappa shape index (κ2) is 14.6. The summed E-state index contributed by atoms with van der Waals surface area (Å²) in [6, 6.07) is 12.1. The first-order valence-electron chi connectivity index (χ1n) is 16.0. The number of sulfonamides is 1. The number of benzene rings is 2. The molecule has 0 aromatic heterocycles. The maximum Gasteiger partial charge on any atom is 0.288 e. The Morgan fingerprint density at radius 1 is 1.02 bits per heavy atom. The van der Waals surface area contributed by atoms with Gasteiger partial charge in [-0.2, -0.15) is 4.31 Å². The minimum Gasteiger partial charge on any atom is -0.497 e. The number of allylic oxidation sites excluding steroid dienone is 1. The molecule has 1 saturated heterocycles. The van der Waals surface area contributed by atoms with Crippen molar-refractivity contribution in [2.75, 3.05) is 66.4 Å². The van der Waals surface area contributed by atoms with Crippen LogP contribution in [0.3, 0.4) is 0 Å². The Kier molecular flexibility index (Phi) is 10.3. The molecule has 13 heteroatoms. The van der Waals surface area contributed by atoms with E-state index in [1.165, 1.54) is 30.0 Å². The Morgan fingerprint density at radius 2 is 1.78 bits per heavy atom. The van der Waals surface area contributed by atoms with Crippen LogP contribution in [0.25, 0.3) is 0 Å². The summed E-state index contributed by atoms with van der Waals surface area (Å²) in [6.45, 7) is 3.34. The summed E-state index contributed by atoms with van der Waals surface area (Å²) in [6.07, 6.45) is 5.32. The fourth-order valence-corrected chi connectivity index (χ4v) is 7.76. The van der Waals surface area contributed by atoms with E-state index in [0.717, 1.165) is 49.5 Å². The monoisotopic (exact) mass is 657 g/mol.